The summed E-state index contributed by atoms with van der Waals surface area (Å²) >= 11 is 0. The van der Waals surface area contributed by atoms with Gasteiger partial charge in [-0.2, -0.15) is 4.31 Å². The highest BCUT2D eigenvalue weighted by Crippen LogP contribution is 2.25. The molecule has 1 aromatic carbocycles. The molecule has 5 nitrogen and oxygen atoms in total. The van der Waals surface area contributed by atoms with Crippen LogP contribution in [0.5, 0.6) is 0 Å². The van der Waals surface area contributed by atoms with E-state index in [4.69, 9.17) is 5.73 Å². The maximum atomic E-state index is 13.9. The van der Waals surface area contributed by atoms with Gasteiger partial charge in [-0.1, -0.05) is 12.1 Å². The molecule has 1 unspecified atom stereocenters. The zero-order valence-corrected chi connectivity index (χ0v) is 12.6. The molecule has 0 saturated carbocycles. The van der Waals surface area contributed by atoms with Gasteiger partial charge in [-0.3, -0.25) is 4.90 Å². The molecular weight excluding hydrogens is 300 g/mol. The van der Waals surface area contributed by atoms with Crippen LogP contribution in [0.3, 0.4) is 0 Å². The molecule has 2 N–H and O–H groups in total. The van der Waals surface area contributed by atoms with E-state index in [-0.39, 0.29) is 12.1 Å². The summed E-state index contributed by atoms with van der Waals surface area (Å²) in [5, 5.41) is 0. The van der Waals surface area contributed by atoms with E-state index < -0.39 is 27.7 Å². The Morgan fingerprint density at radius 3 is 2.38 bits per heavy atom. The summed E-state index contributed by atoms with van der Waals surface area (Å²) in [6.07, 6.45) is 1.16. The Balaban J connectivity index is 2.15. The van der Waals surface area contributed by atoms with Gasteiger partial charge in [0.25, 0.3) is 0 Å². The van der Waals surface area contributed by atoms with Crippen molar-refractivity contribution in [1.29, 1.82) is 0 Å². The van der Waals surface area contributed by atoms with Gasteiger partial charge in [0.05, 0.1) is 12.3 Å². The van der Waals surface area contributed by atoms with Gasteiger partial charge in [-0.25, -0.2) is 17.2 Å². The molecule has 21 heavy (non-hydrogen) atoms. The van der Waals surface area contributed by atoms with Crippen LogP contribution in [0.2, 0.25) is 0 Å². The number of halogens is 2. The fourth-order valence-electron chi connectivity index (χ4n) is 2.60. The van der Waals surface area contributed by atoms with Crippen molar-refractivity contribution in [3.05, 3.63) is 35.4 Å². The summed E-state index contributed by atoms with van der Waals surface area (Å²) in [5.41, 5.74) is 5.93. The van der Waals surface area contributed by atoms with Crippen LogP contribution in [-0.2, 0) is 10.0 Å². The van der Waals surface area contributed by atoms with Crippen LogP contribution >= 0.6 is 0 Å². The Morgan fingerprint density at radius 2 is 1.86 bits per heavy atom. The van der Waals surface area contributed by atoms with Crippen LogP contribution in [0.4, 0.5) is 8.78 Å². The van der Waals surface area contributed by atoms with Crippen LogP contribution in [0.15, 0.2) is 18.2 Å². The minimum Gasteiger partial charge on any atom is -0.329 e. The van der Waals surface area contributed by atoms with E-state index in [2.05, 4.69) is 0 Å². The number of rotatable bonds is 4. The molecule has 1 fully saturated rings. The molecule has 1 atom stereocenters. The number of nitrogens with two attached hydrogens (primary N) is 1. The Hall–Kier alpha value is -1.09. The van der Waals surface area contributed by atoms with Crippen molar-refractivity contribution in [3.63, 3.8) is 0 Å². The summed E-state index contributed by atoms with van der Waals surface area (Å²) in [5.74, 6) is -1.79. The minimum atomic E-state index is -3.22. The monoisotopic (exact) mass is 319 g/mol. The van der Waals surface area contributed by atoms with Gasteiger partial charge < -0.3 is 5.73 Å². The number of hydrogen-bond acceptors (Lipinski definition) is 4. The summed E-state index contributed by atoms with van der Waals surface area (Å²) in [6.45, 7) is 1.66. The van der Waals surface area contributed by atoms with E-state index in [0.717, 1.165) is 12.3 Å². The van der Waals surface area contributed by atoms with Gasteiger partial charge >= 0.3 is 0 Å². The van der Waals surface area contributed by atoms with Crippen molar-refractivity contribution >= 4 is 10.0 Å². The number of piperazine rings is 1. The van der Waals surface area contributed by atoms with Crippen LogP contribution in [0.25, 0.3) is 0 Å². The fraction of sp³-hybridized carbons (Fsp3) is 0.538. The van der Waals surface area contributed by atoms with Gasteiger partial charge in [0.1, 0.15) is 0 Å². The maximum absolute atomic E-state index is 13.9. The topological polar surface area (TPSA) is 66.6 Å². The minimum absolute atomic E-state index is 0.138. The first kappa shape index (κ1) is 16.3. The molecule has 0 bridgehead atoms. The Labute approximate surface area is 123 Å². The first-order valence-corrected chi connectivity index (χ1v) is 8.52. The molecule has 1 heterocycles. The Bertz CT molecular complexity index is 601. The molecule has 1 aliphatic heterocycles. The Kier molecular flexibility index (Phi) is 4.92. The smallest absolute Gasteiger partial charge is 0.211 e. The van der Waals surface area contributed by atoms with Gasteiger partial charge in [0.15, 0.2) is 11.6 Å². The highest BCUT2D eigenvalue weighted by Gasteiger charge is 2.29. The fourth-order valence-corrected chi connectivity index (χ4v) is 3.42. The van der Waals surface area contributed by atoms with E-state index in [1.54, 1.807) is 0 Å². The summed E-state index contributed by atoms with van der Waals surface area (Å²) < 4.78 is 51.6. The average Bonchev–Trinajstić information content (AvgIpc) is 2.44. The van der Waals surface area contributed by atoms with Gasteiger partial charge in [-0.15, -0.1) is 0 Å². The van der Waals surface area contributed by atoms with E-state index >= 15 is 0 Å². The number of sulfonamides is 1. The number of benzene rings is 1. The normalized spacial score (nSPS) is 19.6. The maximum Gasteiger partial charge on any atom is 0.211 e. The Morgan fingerprint density at radius 1 is 1.24 bits per heavy atom. The summed E-state index contributed by atoms with van der Waals surface area (Å²) in [4.78, 5) is 1.89. The molecule has 0 amide bonds. The van der Waals surface area contributed by atoms with Crippen molar-refractivity contribution in [3.8, 4) is 0 Å². The van der Waals surface area contributed by atoms with E-state index in [9.17, 15) is 17.2 Å². The molecule has 2 rings (SSSR count). The van der Waals surface area contributed by atoms with Gasteiger partial charge in [0.2, 0.25) is 10.0 Å². The van der Waals surface area contributed by atoms with E-state index in [1.807, 2.05) is 4.90 Å². The standard InChI is InChI=1S/C13H19F2N3O2S/c1-21(19,20)18-7-5-17(6-8-18)12(9-16)10-3-2-4-11(14)13(10)15/h2-4,12H,5-9,16H2,1H3. The second-order valence-corrected chi connectivity index (χ2v) is 7.07. The number of nitrogens with zero attached hydrogens (tertiary/aromatic N) is 2. The van der Waals surface area contributed by atoms with Crippen LogP contribution < -0.4 is 5.73 Å². The first-order chi connectivity index (χ1) is 9.84. The first-order valence-electron chi connectivity index (χ1n) is 6.67. The predicted octanol–water partition coefficient (Wildman–Crippen LogP) is 0.542. The van der Waals surface area contributed by atoms with Crippen molar-refractivity contribution in [2.24, 2.45) is 5.73 Å². The van der Waals surface area contributed by atoms with Gasteiger partial charge in [-0.05, 0) is 6.07 Å². The highest BCUT2D eigenvalue weighted by atomic mass is 32.2. The molecule has 1 saturated heterocycles. The van der Waals surface area contributed by atoms with Crippen molar-refractivity contribution in [2.75, 3.05) is 39.0 Å². The molecular formula is C13H19F2N3O2S. The second-order valence-electron chi connectivity index (χ2n) is 5.09. The van der Waals surface area contributed by atoms with Crippen LogP contribution in [0, 0.1) is 11.6 Å². The van der Waals surface area contributed by atoms with Crippen molar-refractivity contribution < 1.29 is 17.2 Å². The molecule has 0 aliphatic carbocycles. The van der Waals surface area contributed by atoms with E-state index in [1.165, 1.54) is 16.4 Å². The zero-order chi connectivity index (χ0) is 15.6. The van der Waals surface area contributed by atoms with Crippen LogP contribution in [0.1, 0.15) is 11.6 Å². The second kappa shape index (κ2) is 6.35. The molecule has 118 valence electrons. The zero-order valence-electron chi connectivity index (χ0n) is 11.8. The molecule has 0 aromatic heterocycles. The third kappa shape index (κ3) is 3.57. The third-order valence-corrected chi connectivity index (χ3v) is 5.05. The predicted molar refractivity (Wildman–Crippen MR) is 76.1 cm³/mol. The molecule has 1 aliphatic rings. The van der Waals surface area contributed by atoms with E-state index in [0.29, 0.717) is 26.2 Å². The lowest BCUT2D eigenvalue weighted by molar-refractivity contribution is 0.138. The average molecular weight is 319 g/mol. The molecule has 0 spiro atoms. The van der Waals surface area contributed by atoms with Crippen LogP contribution in [-0.4, -0.2) is 56.6 Å². The number of hydrogen-bond donors (Lipinski definition) is 1. The SMILES string of the molecule is CS(=O)(=O)N1CCN(C(CN)c2cccc(F)c2F)CC1. The molecule has 8 heteroatoms. The third-order valence-electron chi connectivity index (χ3n) is 3.75. The lowest BCUT2D eigenvalue weighted by Gasteiger charge is -2.38. The highest BCUT2D eigenvalue weighted by molar-refractivity contribution is 7.88. The lowest BCUT2D eigenvalue weighted by Crippen LogP contribution is -2.50. The lowest BCUT2D eigenvalue weighted by atomic mass is 10.0. The molecule has 0 radical (unpaired) electrons. The largest absolute Gasteiger partial charge is 0.329 e. The van der Waals surface area contributed by atoms with Gasteiger partial charge in [0, 0.05) is 38.3 Å². The van der Waals surface area contributed by atoms with Crippen molar-refractivity contribution in [2.45, 2.75) is 6.04 Å². The summed E-state index contributed by atoms with van der Waals surface area (Å²) in [7, 11) is -3.22. The summed E-state index contributed by atoms with van der Waals surface area (Å²) in [6, 6.07) is 3.57. The molecule has 1 aromatic rings. The quantitative estimate of drug-likeness (QED) is 0.880. The van der Waals surface area contributed by atoms with Crippen molar-refractivity contribution in [1.82, 2.24) is 9.21 Å².